The summed E-state index contributed by atoms with van der Waals surface area (Å²) in [5.41, 5.74) is 4.16. The van der Waals surface area contributed by atoms with Crippen LogP contribution in [0.25, 0.3) is 0 Å². The van der Waals surface area contributed by atoms with Crippen LogP contribution in [0.4, 0.5) is 10.1 Å². The van der Waals surface area contributed by atoms with E-state index < -0.39 is 5.82 Å². The number of halogens is 1. The second kappa shape index (κ2) is 5.75. The zero-order chi connectivity index (χ0) is 14.7. The highest BCUT2D eigenvalue weighted by molar-refractivity contribution is 5.59. The van der Waals surface area contributed by atoms with Gasteiger partial charge >= 0.3 is 0 Å². The van der Waals surface area contributed by atoms with Crippen molar-refractivity contribution in [3.05, 3.63) is 64.5 Å². The number of nitriles is 1. The first-order valence-corrected chi connectivity index (χ1v) is 6.55. The molecule has 3 heteroatoms. The number of rotatable bonds is 3. The third-order valence-corrected chi connectivity index (χ3v) is 3.53. The molecule has 0 saturated carbocycles. The molecule has 102 valence electrons. The molecule has 20 heavy (non-hydrogen) atoms. The molecule has 0 radical (unpaired) electrons. The molecule has 2 rings (SSSR count). The van der Waals surface area contributed by atoms with E-state index in [4.69, 9.17) is 5.26 Å². The third kappa shape index (κ3) is 2.80. The Morgan fingerprint density at radius 2 is 1.90 bits per heavy atom. The minimum absolute atomic E-state index is 0.00296. The summed E-state index contributed by atoms with van der Waals surface area (Å²) in [5.74, 6) is -0.496. The van der Waals surface area contributed by atoms with Crippen LogP contribution in [-0.4, -0.2) is 0 Å². The molecule has 0 aliphatic heterocycles. The number of hydrogen-bond acceptors (Lipinski definition) is 2. The number of nitrogens with zero attached hydrogens (tertiary/aromatic N) is 1. The Labute approximate surface area is 118 Å². The van der Waals surface area contributed by atoms with Gasteiger partial charge in [0.25, 0.3) is 0 Å². The van der Waals surface area contributed by atoms with Crippen molar-refractivity contribution in [2.75, 3.05) is 5.32 Å². The van der Waals surface area contributed by atoms with Crippen LogP contribution in [0.15, 0.2) is 36.4 Å². The average Bonchev–Trinajstić information content (AvgIpc) is 2.42. The summed E-state index contributed by atoms with van der Waals surface area (Å²) in [6, 6.07) is 12.8. The number of nitrogens with one attached hydrogen (secondary N) is 1. The van der Waals surface area contributed by atoms with Crippen molar-refractivity contribution in [2.45, 2.75) is 26.8 Å². The fourth-order valence-corrected chi connectivity index (χ4v) is 2.11. The zero-order valence-electron chi connectivity index (χ0n) is 11.9. The van der Waals surface area contributed by atoms with Crippen LogP contribution in [0.1, 0.15) is 35.2 Å². The summed E-state index contributed by atoms with van der Waals surface area (Å²) in [6.45, 7) is 6.13. The van der Waals surface area contributed by atoms with Gasteiger partial charge in [0, 0.05) is 6.04 Å². The van der Waals surface area contributed by atoms with Crippen LogP contribution in [0.3, 0.4) is 0 Å². The van der Waals surface area contributed by atoms with Crippen LogP contribution in [0.2, 0.25) is 0 Å². The zero-order valence-corrected chi connectivity index (χ0v) is 11.9. The number of anilines is 1. The Morgan fingerprint density at radius 1 is 1.15 bits per heavy atom. The Balaban J connectivity index is 2.28. The molecule has 0 bridgehead atoms. The number of hydrogen-bond donors (Lipinski definition) is 1. The van der Waals surface area contributed by atoms with Gasteiger partial charge in [-0.25, -0.2) is 4.39 Å². The lowest BCUT2D eigenvalue weighted by Gasteiger charge is -2.18. The van der Waals surface area contributed by atoms with Crippen LogP contribution in [-0.2, 0) is 0 Å². The molecular weight excluding hydrogens is 251 g/mol. The first-order valence-electron chi connectivity index (χ1n) is 6.55. The van der Waals surface area contributed by atoms with E-state index in [1.165, 1.54) is 17.2 Å². The van der Waals surface area contributed by atoms with E-state index in [1.54, 1.807) is 12.1 Å². The van der Waals surface area contributed by atoms with Crippen LogP contribution in [0.5, 0.6) is 0 Å². The van der Waals surface area contributed by atoms with Crippen LogP contribution < -0.4 is 5.32 Å². The van der Waals surface area contributed by atoms with Gasteiger partial charge in [0.15, 0.2) is 0 Å². The fraction of sp³-hybridized carbons (Fsp3) is 0.235. The minimum Gasteiger partial charge on any atom is -0.377 e. The Morgan fingerprint density at radius 3 is 2.55 bits per heavy atom. The van der Waals surface area contributed by atoms with Gasteiger partial charge in [0.05, 0.1) is 5.69 Å². The summed E-state index contributed by atoms with van der Waals surface area (Å²) in [5, 5.41) is 12.2. The molecule has 0 heterocycles. The first-order chi connectivity index (χ1) is 9.52. The van der Waals surface area contributed by atoms with Crippen molar-refractivity contribution in [2.24, 2.45) is 0 Å². The molecule has 0 aliphatic carbocycles. The predicted molar refractivity (Wildman–Crippen MR) is 79.1 cm³/mol. The Bertz CT molecular complexity index is 671. The monoisotopic (exact) mass is 268 g/mol. The van der Waals surface area contributed by atoms with Crippen molar-refractivity contribution in [1.29, 1.82) is 5.26 Å². The molecular formula is C17H17FN2. The molecule has 0 saturated heterocycles. The topological polar surface area (TPSA) is 35.8 Å². The molecule has 1 unspecified atom stereocenters. The summed E-state index contributed by atoms with van der Waals surface area (Å²) in [7, 11) is 0. The van der Waals surface area contributed by atoms with E-state index in [2.05, 4.69) is 31.3 Å². The molecule has 0 aromatic heterocycles. The highest BCUT2D eigenvalue weighted by Crippen LogP contribution is 2.24. The maximum atomic E-state index is 13.6. The molecule has 0 spiro atoms. The SMILES string of the molecule is Cc1ccc(C(C)Nc2cccc(F)c2C#N)cc1C. The molecule has 0 amide bonds. The van der Waals surface area contributed by atoms with Gasteiger partial charge in [-0.1, -0.05) is 24.3 Å². The lowest BCUT2D eigenvalue weighted by Crippen LogP contribution is -2.09. The van der Waals surface area contributed by atoms with Crippen molar-refractivity contribution in [1.82, 2.24) is 0 Å². The maximum Gasteiger partial charge on any atom is 0.143 e. The standard InChI is InChI=1S/C17H17FN2/c1-11-7-8-14(9-12(11)2)13(3)20-17-6-4-5-16(18)15(17)10-19/h4-9,13,20H,1-3H3. The molecule has 2 nitrogen and oxygen atoms in total. The summed E-state index contributed by atoms with van der Waals surface area (Å²) in [4.78, 5) is 0. The third-order valence-electron chi connectivity index (χ3n) is 3.53. The van der Waals surface area contributed by atoms with Crippen LogP contribution in [0, 0.1) is 31.0 Å². The first kappa shape index (κ1) is 14.1. The average molecular weight is 268 g/mol. The van der Waals surface area contributed by atoms with Crippen molar-refractivity contribution in [3.63, 3.8) is 0 Å². The van der Waals surface area contributed by atoms with Gasteiger partial charge in [-0.3, -0.25) is 0 Å². The van der Waals surface area contributed by atoms with Gasteiger partial charge in [-0.2, -0.15) is 5.26 Å². The van der Waals surface area contributed by atoms with Gasteiger partial charge in [0.1, 0.15) is 17.4 Å². The van der Waals surface area contributed by atoms with Gasteiger partial charge in [-0.15, -0.1) is 0 Å². The summed E-state index contributed by atoms with van der Waals surface area (Å²) >= 11 is 0. The highest BCUT2D eigenvalue weighted by Gasteiger charge is 2.11. The van der Waals surface area contributed by atoms with E-state index in [1.807, 2.05) is 19.1 Å². The normalized spacial score (nSPS) is 11.8. The molecule has 2 aromatic carbocycles. The predicted octanol–water partition coefficient (Wildman–Crippen LogP) is 4.49. The van der Waals surface area contributed by atoms with E-state index in [0.717, 1.165) is 5.56 Å². The van der Waals surface area contributed by atoms with Crippen LogP contribution >= 0.6 is 0 Å². The van der Waals surface area contributed by atoms with E-state index in [-0.39, 0.29) is 11.6 Å². The Hall–Kier alpha value is -2.34. The highest BCUT2D eigenvalue weighted by atomic mass is 19.1. The van der Waals surface area contributed by atoms with E-state index >= 15 is 0 Å². The molecule has 1 N–H and O–H groups in total. The lowest BCUT2D eigenvalue weighted by molar-refractivity contribution is 0.624. The largest absolute Gasteiger partial charge is 0.377 e. The number of benzene rings is 2. The second-order valence-corrected chi connectivity index (χ2v) is 4.98. The molecule has 0 fully saturated rings. The quantitative estimate of drug-likeness (QED) is 0.890. The van der Waals surface area contributed by atoms with E-state index in [9.17, 15) is 4.39 Å². The lowest BCUT2D eigenvalue weighted by atomic mass is 10.0. The summed E-state index contributed by atoms with van der Waals surface area (Å²) in [6.07, 6.45) is 0. The maximum absolute atomic E-state index is 13.6. The van der Waals surface area contributed by atoms with Crippen molar-refractivity contribution >= 4 is 5.69 Å². The van der Waals surface area contributed by atoms with Gasteiger partial charge in [-0.05, 0) is 49.6 Å². The molecule has 1 atom stereocenters. The number of aryl methyl sites for hydroxylation is 2. The summed E-state index contributed by atoms with van der Waals surface area (Å²) < 4.78 is 13.6. The molecule has 2 aromatic rings. The fourth-order valence-electron chi connectivity index (χ4n) is 2.11. The van der Waals surface area contributed by atoms with Crippen molar-refractivity contribution < 1.29 is 4.39 Å². The minimum atomic E-state index is -0.496. The van der Waals surface area contributed by atoms with Gasteiger partial charge < -0.3 is 5.32 Å². The Kier molecular flexibility index (Phi) is 4.05. The van der Waals surface area contributed by atoms with E-state index in [0.29, 0.717) is 5.69 Å². The smallest absolute Gasteiger partial charge is 0.143 e. The van der Waals surface area contributed by atoms with Crippen molar-refractivity contribution in [3.8, 4) is 6.07 Å². The van der Waals surface area contributed by atoms with Gasteiger partial charge in [0.2, 0.25) is 0 Å². The second-order valence-electron chi connectivity index (χ2n) is 4.98. The molecule has 0 aliphatic rings.